The van der Waals surface area contributed by atoms with Crippen LogP contribution in [-0.4, -0.2) is 25.5 Å². The molecule has 0 saturated carbocycles. The Labute approximate surface area is 147 Å². The zero-order valence-corrected chi connectivity index (χ0v) is 14.5. The molecular formula is C20H22N2O3. The molecule has 25 heavy (non-hydrogen) atoms. The van der Waals surface area contributed by atoms with Crippen molar-refractivity contribution >= 4 is 23.2 Å². The minimum Gasteiger partial charge on any atom is -0.496 e. The number of amides is 2. The zero-order valence-electron chi connectivity index (χ0n) is 14.5. The summed E-state index contributed by atoms with van der Waals surface area (Å²) in [6, 6.07) is 13.3. The molecular weight excluding hydrogens is 316 g/mol. The lowest BCUT2D eigenvalue weighted by Gasteiger charge is -2.31. The Hall–Kier alpha value is -2.82. The largest absolute Gasteiger partial charge is 0.496 e. The summed E-state index contributed by atoms with van der Waals surface area (Å²) in [6.45, 7) is 2.18. The number of carbonyl (C=O) groups excluding carboxylic acids is 2. The second-order valence-corrected chi connectivity index (χ2v) is 6.12. The number of hydrogen-bond acceptors (Lipinski definition) is 3. The number of para-hydroxylation sites is 1. The first-order chi connectivity index (χ1) is 12.1. The standard InChI is InChI=1S/C20H22N2O3/c1-14(23)21-17-9-5-10-18-16(17)8-6-12-22(18)20(24)13-15-7-3-4-11-19(15)25-2/h3-5,7,9-11H,6,8,12-13H2,1-2H3,(H,21,23). The molecule has 1 aliphatic rings. The van der Waals surface area contributed by atoms with E-state index < -0.39 is 0 Å². The summed E-state index contributed by atoms with van der Waals surface area (Å²) < 4.78 is 5.35. The maximum Gasteiger partial charge on any atom is 0.231 e. The van der Waals surface area contributed by atoms with Crippen molar-refractivity contribution in [1.29, 1.82) is 0 Å². The Balaban J connectivity index is 1.87. The highest BCUT2D eigenvalue weighted by molar-refractivity contribution is 5.98. The number of fused-ring (bicyclic) bond motifs is 1. The molecule has 2 aromatic carbocycles. The molecule has 0 aromatic heterocycles. The zero-order chi connectivity index (χ0) is 17.8. The van der Waals surface area contributed by atoms with E-state index in [0.717, 1.165) is 41.1 Å². The summed E-state index contributed by atoms with van der Waals surface area (Å²) in [7, 11) is 1.61. The average molecular weight is 338 g/mol. The Morgan fingerprint density at radius 3 is 2.72 bits per heavy atom. The van der Waals surface area contributed by atoms with Crippen LogP contribution in [0.5, 0.6) is 5.75 Å². The molecule has 1 aliphatic heterocycles. The van der Waals surface area contributed by atoms with E-state index in [0.29, 0.717) is 6.54 Å². The lowest BCUT2D eigenvalue weighted by Crippen LogP contribution is -2.37. The number of hydrogen-bond donors (Lipinski definition) is 1. The highest BCUT2D eigenvalue weighted by Gasteiger charge is 2.25. The van der Waals surface area contributed by atoms with Gasteiger partial charge in [0.25, 0.3) is 0 Å². The molecule has 5 heteroatoms. The minimum atomic E-state index is -0.106. The Morgan fingerprint density at radius 1 is 1.16 bits per heavy atom. The quantitative estimate of drug-likeness (QED) is 0.931. The molecule has 130 valence electrons. The van der Waals surface area contributed by atoms with Crippen LogP contribution in [0.4, 0.5) is 11.4 Å². The van der Waals surface area contributed by atoms with Gasteiger partial charge < -0.3 is 15.0 Å². The predicted octanol–water partition coefficient (Wildman–Crippen LogP) is 3.18. The van der Waals surface area contributed by atoms with Gasteiger partial charge in [-0.2, -0.15) is 0 Å². The topological polar surface area (TPSA) is 58.6 Å². The van der Waals surface area contributed by atoms with E-state index in [1.54, 1.807) is 7.11 Å². The molecule has 0 saturated heterocycles. The third-order valence-corrected chi connectivity index (χ3v) is 4.40. The third kappa shape index (κ3) is 3.65. The van der Waals surface area contributed by atoms with Crippen molar-refractivity contribution in [2.75, 3.05) is 23.9 Å². The lowest BCUT2D eigenvalue weighted by atomic mass is 9.98. The summed E-state index contributed by atoms with van der Waals surface area (Å²) >= 11 is 0. The predicted molar refractivity (Wildman–Crippen MR) is 98.1 cm³/mol. The molecule has 2 amide bonds. The van der Waals surface area contributed by atoms with Crippen molar-refractivity contribution in [2.24, 2.45) is 0 Å². The van der Waals surface area contributed by atoms with Crippen molar-refractivity contribution < 1.29 is 14.3 Å². The first kappa shape index (κ1) is 17.0. The van der Waals surface area contributed by atoms with Crippen molar-refractivity contribution in [1.82, 2.24) is 0 Å². The fraction of sp³-hybridized carbons (Fsp3) is 0.300. The number of nitrogens with one attached hydrogen (secondary N) is 1. The molecule has 1 N–H and O–H groups in total. The molecule has 0 fully saturated rings. The van der Waals surface area contributed by atoms with Gasteiger partial charge in [0.1, 0.15) is 5.75 Å². The molecule has 0 spiro atoms. The van der Waals surface area contributed by atoms with Gasteiger partial charge in [0.05, 0.1) is 13.5 Å². The van der Waals surface area contributed by atoms with E-state index in [1.807, 2.05) is 47.4 Å². The minimum absolute atomic E-state index is 0.0328. The highest BCUT2D eigenvalue weighted by Crippen LogP contribution is 2.33. The maximum atomic E-state index is 12.9. The molecule has 5 nitrogen and oxygen atoms in total. The van der Waals surface area contributed by atoms with Gasteiger partial charge >= 0.3 is 0 Å². The number of carbonyl (C=O) groups is 2. The highest BCUT2D eigenvalue weighted by atomic mass is 16.5. The van der Waals surface area contributed by atoms with Crippen LogP contribution in [-0.2, 0) is 22.4 Å². The smallest absolute Gasteiger partial charge is 0.231 e. The van der Waals surface area contributed by atoms with Crippen LogP contribution < -0.4 is 15.0 Å². The van der Waals surface area contributed by atoms with Crippen LogP contribution >= 0.6 is 0 Å². The SMILES string of the molecule is COc1ccccc1CC(=O)N1CCCc2c(NC(C)=O)cccc21. The number of rotatable bonds is 4. The molecule has 2 aromatic rings. The van der Waals surface area contributed by atoms with Crippen LogP contribution in [0.3, 0.4) is 0 Å². The van der Waals surface area contributed by atoms with Gasteiger partial charge in [-0.15, -0.1) is 0 Å². The summed E-state index contributed by atoms with van der Waals surface area (Å²) in [4.78, 5) is 26.2. The van der Waals surface area contributed by atoms with Gasteiger partial charge in [0.15, 0.2) is 0 Å². The van der Waals surface area contributed by atoms with Crippen LogP contribution in [0.25, 0.3) is 0 Å². The number of anilines is 2. The second-order valence-electron chi connectivity index (χ2n) is 6.12. The summed E-state index contributed by atoms with van der Waals surface area (Å²) in [5.41, 5.74) is 3.58. The van der Waals surface area contributed by atoms with E-state index in [9.17, 15) is 9.59 Å². The van der Waals surface area contributed by atoms with Gasteiger partial charge in [-0.25, -0.2) is 0 Å². The molecule has 0 radical (unpaired) electrons. The second kappa shape index (κ2) is 7.38. The van der Waals surface area contributed by atoms with Crippen molar-refractivity contribution in [3.8, 4) is 5.75 Å². The Kier molecular flexibility index (Phi) is 5.03. The van der Waals surface area contributed by atoms with Crippen LogP contribution in [0.2, 0.25) is 0 Å². The van der Waals surface area contributed by atoms with Gasteiger partial charge in [-0.3, -0.25) is 9.59 Å². The number of ether oxygens (including phenoxy) is 1. The average Bonchev–Trinajstić information content (AvgIpc) is 2.61. The van der Waals surface area contributed by atoms with Gasteiger partial charge in [0.2, 0.25) is 11.8 Å². The molecule has 0 bridgehead atoms. The molecule has 1 heterocycles. The van der Waals surface area contributed by atoms with Crippen LogP contribution in [0.1, 0.15) is 24.5 Å². The normalized spacial score (nSPS) is 13.1. The summed E-state index contributed by atoms with van der Waals surface area (Å²) in [6.07, 6.45) is 2.01. The van der Waals surface area contributed by atoms with Crippen LogP contribution in [0, 0.1) is 0 Å². The number of nitrogens with zero attached hydrogens (tertiary/aromatic N) is 1. The fourth-order valence-electron chi connectivity index (χ4n) is 3.30. The Bertz CT molecular complexity index is 801. The first-order valence-corrected chi connectivity index (χ1v) is 8.42. The van der Waals surface area contributed by atoms with E-state index in [-0.39, 0.29) is 18.2 Å². The van der Waals surface area contributed by atoms with Gasteiger partial charge in [-0.1, -0.05) is 24.3 Å². The Morgan fingerprint density at radius 2 is 1.96 bits per heavy atom. The molecule has 0 atom stereocenters. The van der Waals surface area contributed by atoms with E-state index in [1.165, 1.54) is 6.92 Å². The number of benzene rings is 2. The molecule has 3 rings (SSSR count). The molecule has 0 unspecified atom stereocenters. The monoisotopic (exact) mass is 338 g/mol. The third-order valence-electron chi connectivity index (χ3n) is 4.40. The molecule has 0 aliphatic carbocycles. The van der Waals surface area contributed by atoms with Crippen molar-refractivity contribution in [3.05, 3.63) is 53.6 Å². The summed E-state index contributed by atoms with van der Waals surface area (Å²) in [5.74, 6) is 0.649. The lowest BCUT2D eigenvalue weighted by molar-refractivity contribution is -0.118. The van der Waals surface area contributed by atoms with Crippen LogP contribution in [0.15, 0.2) is 42.5 Å². The van der Waals surface area contributed by atoms with Crippen molar-refractivity contribution in [3.63, 3.8) is 0 Å². The summed E-state index contributed by atoms with van der Waals surface area (Å²) in [5, 5.41) is 2.86. The maximum absolute atomic E-state index is 12.9. The fourth-order valence-corrected chi connectivity index (χ4v) is 3.30. The van der Waals surface area contributed by atoms with Crippen molar-refractivity contribution in [2.45, 2.75) is 26.2 Å². The number of methoxy groups -OCH3 is 1. The van der Waals surface area contributed by atoms with E-state index in [2.05, 4.69) is 5.32 Å². The van der Waals surface area contributed by atoms with Gasteiger partial charge in [0, 0.05) is 30.4 Å². The van der Waals surface area contributed by atoms with E-state index >= 15 is 0 Å². The van der Waals surface area contributed by atoms with Gasteiger partial charge in [-0.05, 0) is 36.6 Å². The first-order valence-electron chi connectivity index (χ1n) is 8.42. The van der Waals surface area contributed by atoms with E-state index in [4.69, 9.17) is 4.74 Å².